The zero-order valence-electron chi connectivity index (χ0n) is 13.3. The number of nitrogens with one attached hydrogen (secondary N) is 1. The van der Waals surface area contributed by atoms with Gasteiger partial charge in [-0.1, -0.05) is 12.8 Å². The molecule has 3 rings (SSSR count). The zero-order chi connectivity index (χ0) is 16.2. The van der Waals surface area contributed by atoms with Crippen molar-refractivity contribution in [3.63, 3.8) is 0 Å². The number of aliphatic hydroxyl groups excluding tert-OH is 1. The van der Waals surface area contributed by atoms with Crippen molar-refractivity contribution in [3.05, 3.63) is 29.6 Å². The fourth-order valence-electron chi connectivity index (χ4n) is 3.85. The molecule has 23 heavy (non-hydrogen) atoms. The van der Waals surface area contributed by atoms with Gasteiger partial charge in [-0.25, -0.2) is 4.39 Å². The van der Waals surface area contributed by atoms with E-state index in [1.54, 1.807) is 6.07 Å². The van der Waals surface area contributed by atoms with E-state index in [-0.39, 0.29) is 11.9 Å². The number of nitriles is 1. The molecule has 0 aromatic heterocycles. The van der Waals surface area contributed by atoms with Crippen LogP contribution in [0.25, 0.3) is 0 Å². The Kier molecular flexibility index (Phi) is 5.14. The van der Waals surface area contributed by atoms with Gasteiger partial charge in [0.1, 0.15) is 11.9 Å². The molecule has 2 atom stereocenters. The van der Waals surface area contributed by atoms with E-state index in [1.807, 2.05) is 6.07 Å². The molecule has 2 fully saturated rings. The number of hydrogen-bond acceptors (Lipinski definition) is 4. The topological polar surface area (TPSA) is 59.3 Å². The zero-order valence-corrected chi connectivity index (χ0v) is 13.3. The van der Waals surface area contributed by atoms with Gasteiger partial charge < -0.3 is 10.4 Å². The second-order valence-corrected chi connectivity index (χ2v) is 6.68. The van der Waals surface area contributed by atoms with E-state index in [1.165, 1.54) is 18.6 Å². The second-order valence-electron chi connectivity index (χ2n) is 6.68. The van der Waals surface area contributed by atoms with Crippen LogP contribution in [-0.2, 0) is 0 Å². The van der Waals surface area contributed by atoms with Crippen LogP contribution in [0, 0.1) is 17.1 Å². The molecule has 0 spiro atoms. The van der Waals surface area contributed by atoms with Crippen LogP contribution in [0.1, 0.15) is 44.1 Å². The maximum Gasteiger partial charge on any atom is 0.124 e. The molecule has 5 heteroatoms. The molecular formula is C18H24FN3O. The summed E-state index contributed by atoms with van der Waals surface area (Å²) in [7, 11) is 0. The summed E-state index contributed by atoms with van der Waals surface area (Å²) in [5, 5.41) is 22.7. The van der Waals surface area contributed by atoms with Gasteiger partial charge in [-0.2, -0.15) is 5.26 Å². The van der Waals surface area contributed by atoms with Crippen molar-refractivity contribution >= 4 is 5.69 Å². The number of nitrogens with zero attached hydrogens (tertiary/aromatic N) is 2. The van der Waals surface area contributed by atoms with Gasteiger partial charge in [0.25, 0.3) is 0 Å². The third-order valence-electron chi connectivity index (χ3n) is 5.15. The minimum atomic E-state index is -0.381. The Hall–Kier alpha value is -1.64. The first-order valence-corrected chi connectivity index (χ1v) is 8.55. The van der Waals surface area contributed by atoms with Crippen LogP contribution in [0.4, 0.5) is 10.1 Å². The number of aliphatic hydroxyl groups is 1. The Morgan fingerprint density at radius 1 is 1.17 bits per heavy atom. The fourth-order valence-corrected chi connectivity index (χ4v) is 3.85. The van der Waals surface area contributed by atoms with E-state index in [9.17, 15) is 9.50 Å². The van der Waals surface area contributed by atoms with Crippen molar-refractivity contribution in [1.29, 1.82) is 5.26 Å². The Morgan fingerprint density at radius 3 is 2.61 bits per heavy atom. The molecule has 1 heterocycles. The van der Waals surface area contributed by atoms with Gasteiger partial charge in [0.05, 0.1) is 17.4 Å². The monoisotopic (exact) mass is 317 g/mol. The molecule has 124 valence electrons. The minimum absolute atomic E-state index is 0.185. The van der Waals surface area contributed by atoms with Crippen molar-refractivity contribution in [2.75, 3.05) is 18.4 Å². The molecule has 2 unspecified atom stereocenters. The molecule has 2 aliphatic rings. The summed E-state index contributed by atoms with van der Waals surface area (Å²) in [6.45, 7) is 1.92. The first-order valence-electron chi connectivity index (χ1n) is 8.55. The third-order valence-corrected chi connectivity index (χ3v) is 5.15. The smallest absolute Gasteiger partial charge is 0.124 e. The Bertz CT molecular complexity index is 578. The highest BCUT2D eigenvalue weighted by molar-refractivity contribution is 5.57. The summed E-state index contributed by atoms with van der Waals surface area (Å²) in [6.07, 6.45) is 6.13. The van der Waals surface area contributed by atoms with E-state index in [2.05, 4.69) is 10.2 Å². The summed E-state index contributed by atoms with van der Waals surface area (Å²) < 4.78 is 13.2. The number of hydrogen-bond donors (Lipinski definition) is 2. The van der Waals surface area contributed by atoms with Gasteiger partial charge in [-0.05, 0) is 43.9 Å². The molecule has 4 nitrogen and oxygen atoms in total. The minimum Gasteiger partial charge on any atom is -0.391 e. The fraction of sp³-hybridized carbons (Fsp3) is 0.611. The van der Waals surface area contributed by atoms with Crippen LogP contribution < -0.4 is 5.32 Å². The van der Waals surface area contributed by atoms with Gasteiger partial charge in [-0.3, -0.25) is 4.90 Å². The van der Waals surface area contributed by atoms with Gasteiger partial charge in [-0.15, -0.1) is 0 Å². The lowest BCUT2D eigenvalue weighted by Crippen LogP contribution is -2.50. The summed E-state index contributed by atoms with van der Waals surface area (Å²) in [5.41, 5.74) is 1.07. The molecule has 0 amide bonds. The highest BCUT2D eigenvalue weighted by Crippen LogP contribution is 2.27. The Balaban J connectivity index is 1.56. The second kappa shape index (κ2) is 7.29. The van der Waals surface area contributed by atoms with Crippen LogP contribution in [0.5, 0.6) is 0 Å². The van der Waals surface area contributed by atoms with Gasteiger partial charge >= 0.3 is 0 Å². The van der Waals surface area contributed by atoms with Crippen molar-refractivity contribution in [3.8, 4) is 6.07 Å². The SMILES string of the molecule is N#Cc1cc(F)ccc1NC1CCN(C2CCCCC2O)CC1. The van der Waals surface area contributed by atoms with Gasteiger partial charge in [0, 0.05) is 25.2 Å². The quantitative estimate of drug-likeness (QED) is 0.900. The van der Waals surface area contributed by atoms with E-state index in [0.717, 1.165) is 45.2 Å². The summed E-state index contributed by atoms with van der Waals surface area (Å²) in [5.74, 6) is -0.381. The molecule has 1 aromatic carbocycles. The highest BCUT2D eigenvalue weighted by atomic mass is 19.1. The lowest BCUT2D eigenvalue weighted by atomic mass is 9.89. The third kappa shape index (κ3) is 3.82. The first-order chi connectivity index (χ1) is 11.2. The lowest BCUT2D eigenvalue weighted by molar-refractivity contribution is 0.00994. The van der Waals surface area contributed by atoms with E-state index >= 15 is 0 Å². The molecular weight excluding hydrogens is 293 g/mol. The summed E-state index contributed by atoms with van der Waals surface area (Å²) in [4.78, 5) is 2.41. The maximum absolute atomic E-state index is 13.2. The van der Waals surface area contributed by atoms with Crippen molar-refractivity contribution in [2.24, 2.45) is 0 Å². The van der Waals surface area contributed by atoms with E-state index in [4.69, 9.17) is 5.26 Å². The largest absolute Gasteiger partial charge is 0.391 e. The lowest BCUT2D eigenvalue weighted by Gasteiger charge is -2.41. The molecule has 1 aliphatic heterocycles. The van der Waals surface area contributed by atoms with Gasteiger partial charge in [0.2, 0.25) is 0 Å². The number of piperidine rings is 1. The Morgan fingerprint density at radius 2 is 1.91 bits per heavy atom. The molecule has 1 aliphatic carbocycles. The van der Waals surface area contributed by atoms with Crippen LogP contribution >= 0.6 is 0 Å². The van der Waals surface area contributed by atoms with Crippen molar-refractivity contribution in [2.45, 2.75) is 56.7 Å². The molecule has 2 N–H and O–H groups in total. The average Bonchev–Trinajstić information content (AvgIpc) is 2.58. The number of halogens is 1. The summed E-state index contributed by atoms with van der Waals surface area (Å²) >= 11 is 0. The number of anilines is 1. The number of benzene rings is 1. The molecule has 0 bridgehead atoms. The van der Waals surface area contributed by atoms with Crippen LogP contribution in [0.15, 0.2) is 18.2 Å². The number of rotatable bonds is 3. The average molecular weight is 317 g/mol. The van der Waals surface area contributed by atoms with Crippen LogP contribution in [0.2, 0.25) is 0 Å². The summed E-state index contributed by atoms with van der Waals surface area (Å²) in [6, 6.07) is 6.96. The molecule has 0 radical (unpaired) electrons. The Labute approximate surface area is 136 Å². The van der Waals surface area contributed by atoms with Crippen LogP contribution in [-0.4, -0.2) is 41.3 Å². The van der Waals surface area contributed by atoms with Gasteiger partial charge in [0.15, 0.2) is 0 Å². The van der Waals surface area contributed by atoms with Crippen LogP contribution in [0.3, 0.4) is 0 Å². The predicted octanol–water partition coefficient (Wildman–Crippen LogP) is 2.88. The standard InChI is InChI=1S/C18H24FN3O/c19-14-5-6-16(13(11-14)12-20)21-15-7-9-22(10-8-15)17-3-1-2-4-18(17)23/h5-6,11,15,17-18,21,23H,1-4,7-10H2. The molecule has 1 saturated carbocycles. The molecule has 1 aromatic rings. The van der Waals surface area contributed by atoms with Crippen molar-refractivity contribution < 1.29 is 9.50 Å². The van der Waals surface area contributed by atoms with E-state index < -0.39 is 0 Å². The normalized spacial score (nSPS) is 26.7. The molecule has 1 saturated heterocycles. The predicted molar refractivity (Wildman–Crippen MR) is 87.6 cm³/mol. The first kappa shape index (κ1) is 16.2. The maximum atomic E-state index is 13.2. The van der Waals surface area contributed by atoms with E-state index in [0.29, 0.717) is 23.3 Å². The van der Waals surface area contributed by atoms with Crippen molar-refractivity contribution in [1.82, 2.24) is 4.90 Å². The highest BCUT2D eigenvalue weighted by Gasteiger charge is 2.31. The number of likely N-dealkylation sites (tertiary alicyclic amines) is 1.